The van der Waals surface area contributed by atoms with Gasteiger partial charge >= 0.3 is 0 Å². The average Bonchev–Trinajstić information content (AvgIpc) is 2.74. The molecule has 6 nitrogen and oxygen atoms in total. The van der Waals surface area contributed by atoms with Gasteiger partial charge in [0.15, 0.2) is 11.5 Å². The molecule has 30 heavy (non-hydrogen) atoms. The molecule has 2 aromatic carbocycles. The van der Waals surface area contributed by atoms with Crippen molar-refractivity contribution in [1.82, 2.24) is 5.32 Å². The average molecular weight is 416 g/mol. The Hall–Kier alpha value is -2.73. The summed E-state index contributed by atoms with van der Waals surface area (Å²) in [6.07, 6.45) is 1.27. The number of amides is 1. The van der Waals surface area contributed by atoms with Crippen molar-refractivity contribution in [2.24, 2.45) is 0 Å². The van der Waals surface area contributed by atoms with E-state index in [2.05, 4.69) is 5.32 Å². The Labute approximate surface area is 179 Å². The van der Waals surface area contributed by atoms with Gasteiger partial charge in [0.2, 0.25) is 5.75 Å². The standard InChI is InChI=1S/C24H33NO5/c1-5-28-20-15-19(16-21(29-6-2)22(20)30-7-3)23(26)25-17-24(4,27)14-13-18-11-9-8-10-12-18/h8-12,15-16,27H,5-7,13-14,17H2,1-4H3,(H,25,26). The zero-order valence-corrected chi connectivity index (χ0v) is 18.4. The van der Waals surface area contributed by atoms with Crippen molar-refractivity contribution in [2.75, 3.05) is 26.4 Å². The van der Waals surface area contributed by atoms with Crippen LogP contribution in [0.5, 0.6) is 17.2 Å². The van der Waals surface area contributed by atoms with Gasteiger partial charge in [0.25, 0.3) is 5.91 Å². The van der Waals surface area contributed by atoms with Crippen molar-refractivity contribution < 1.29 is 24.1 Å². The topological polar surface area (TPSA) is 77.0 Å². The molecule has 0 fully saturated rings. The smallest absolute Gasteiger partial charge is 0.251 e. The molecule has 2 rings (SSSR count). The van der Waals surface area contributed by atoms with Crippen LogP contribution in [0, 0.1) is 0 Å². The third-order valence-corrected chi connectivity index (χ3v) is 4.60. The fourth-order valence-electron chi connectivity index (χ4n) is 3.04. The van der Waals surface area contributed by atoms with Crippen LogP contribution < -0.4 is 19.5 Å². The first-order valence-corrected chi connectivity index (χ1v) is 10.5. The predicted molar refractivity (Wildman–Crippen MR) is 118 cm³/mol. The molecule has 0 saturated carbocycles. The highest BCUT2D eigenvalue weighted by Gasteiger charge is 2.23. The lowest BCUT2D eigenvalue weighted by Gasteiger charge is -2.24. The maximum atomic E-state index is 12.8. The van der Waals surface area contributed by atoms with Crippen molar-refractivity contribution in [2.45, 2.75) is 46.1 Å². The van der Waals surface area contributed by atoms with Gasteiger partial charge in [-0.25, -0.2) is 0 Å². The predicted octanol–water partition coefficient (Wildman–Crippen LogP) is 4.00. The second-order valence-electron chi connectivity index (χ2n) is 7.27. The van der Waals surface area contributed by atoms with Gasteiger partial charge in [-0.1, -0.05) is 30.3 Å². The molecule has 2 N–H and O–H groups in total. The summed E-state index contributed by atoms with van der Waals surface area (Å²) >= 11 is 0. The van der Waals surface area contributed by atoms with Gasteiger partial charge in [-0.15, -0.1) is 0 Å². The third kappa shape index (κ3) is 6.95. The maximum Gasteiger partial charge on any atom is 0.251 e. The van der Waals surface area contributed by atoms with E-state index in [4.69, 9.17) is 14.2 Å². The minimum Gasteiger partial charge on any atom is -0.490 e. The molecule has 0 aliphatic heterocycles. The summed E-state index contributed by atoms with van der Waals surface area (Å²) in [6.45, 7) is 8.81. The van der Waals surface area contributed by atoms with Crippen LogP contribution in [0.2, 0.25) is 0 Å². The molecule has 1 unspecified atom stereocenters. The molecule has 0 radical (unpaired) electrons. The Morgan fingerprint density at radius 3 is 2.07 bits per heavy atom. The number of aryl methyl sites for hydroxylation is 1. The summed E-state index contributed by atoms with van der Waals surface area (Å²) in [5.41, 5.74) is 0.518. The highest BCUT2D eigenvalue weighted by Crippen LogP contribution is 2.39. The Morgan fingerprint density at radius 2 is 1.53 bits per heavy atom. The van der Waals surface area contributed by atoms with E-state index >= 15 is 0 Å². The molecule has 0 aliphatic rings. The molecule has 1 atom stereocenters. The second-order valence-corrected chi connectivity index (χ2v) is 7.27. The Kier molecular flexibility index (Phi) is 8.99. The molecule has 6 heteroatoms. The van der Waals surface area contributed by atoms with Gasteiger partial charge in [-0.2, -0.15) is 0 Å². The molecular weight excluding hydrogens is 382 g/mol. The third-order valence-electron chi connectivity index (χ3n) is 4.60. The van der Waals surface area contributed by atoms with Gasteiger partial charge in [0.1, 0.15) is 0 Å². The SMILES string of the molecule is CCOc1cc(C(=O)NCC(C)(O)CCc2ccccc2)cc(OCC)c1OCC. The molecule has 0 aliphatic carbocycles. The van der Waals surface area contributed by atoms with Crippen LogP contribution in [0.4, 0.5) is 0 Å². The van der Waals surface area contributed by atoms with E-state index in [1.807, 2.05) is 51.1 Å². The van der Waals surface area contributed by atoms with Crippen molar-refractivity contribution in [3.8, 4) is 17.2 Å². The van der Waals surface area contributed by atoms with Crippen molar-refractivity contribution in [3.63, 3.8) is 0 Å². The van der Waals surface area contributed by atoms with E-state index in [1.54, 1.807) is 19.1 Å². The van der Waals surface area contributed by atoms with Gasteiger partial charge in [0, 0.05) is 12.1 Å². The normalized spacial score (nSPS) is 12.7. The zero-order chi connectivity index (χ0) is 22.0. The first-order chi connectivity index (χ1) is 14.4. The van der Waals surface area contributed by atoms with E-state index in [-0.39, 0.29) is 12.5 Å². The van der Waals surface area contributed by atoms with Crippen LogP contribution in [-0.4, -0.2) is 43.0 Å². The van der Waals surface area contributed by atoms with Crippen molar-refractivity contribution in [3.05, 3.63) is 53.6 Å². The second kappa shape index (κ2) is 11.5. The fourth-order valence-corrected chi connectivity index (χ4v) is 3.04. The van der Waals surface area contributed by atoms with Crippen LogP contribution in [0.15, 0.2) is 42.5 Å². The fraction of sp³-hybridized carbons (Fsp3) is 0.458. The zero-order valence-electron chi connectivity index (χ0n) is 18.4. The lowest BCUT2D eigenvalue weighted by molar-refractivity contribution is 0.0478. The molecule has 0 bridgehead atoms. The van der Waals surface area contributed by atoms with Gasteiger partial charge < -0.3 is 24.6 Å². The Balaban J connectivity index is 2.09. The molecule has 0 aromatic heterocycles. The summed E-state index contributed by atoms with van der Waals surface area (Å²) < 4.78 is 17.0. The lowest BCUT2D eigenvalue weighted by Crippen LogP contribution is -2.41. The van der Waals surface area contributed by atoms with E-state index in [9.17, 15) is 9.90 Å². The molecule has 164 valence electrons. The molecular formula is C24H33NO5. The number of aliphatic hydroxyl groups is 1. The van der Waals surface area contributed by atoms with Gasteiger partial charge in [-0.05, 0) is 58.2 Å². The summed E-state index contributed by atoms with van der Waals surface area (Å²) in [7, 11) is 0. The van der Waals surface area contributed by atoms with Crippen LogP contribution in [0.1, 0.15) is 50.0 Å². The summed E-state index contributed by atoms with van der Waals surface area (Å²) in [5, 5.41) is 13.5. The van der Waals surface area contributed by atoms with E-state index < -0.39 is 5.60 Å². The minimum absolute atomic E-state index is 0.139. The van der Waals surface area contributed by atoms with Gasteiger partial charge in [-0.3, -0.25) is 4.79 Å². The lowest BCUT2D eigenvalue weighted by atomic mass is 9.96. The van der Waals surface area contributed by atoms with Gasteiger partial charge in [0.05, 0.1) is 25.4 Å². The first-order valence-electron chi connectivity index (χ1n) is 10.5. The number of hydrogen-bond acceptors (Lipinski definition) is 5. The molecule has 2 aromatic rings. The van der Waals surface area contributed by atoms with E-state index in [0.29, 0.717) is 49.1 Å². The Bertz CT molecular complexity index is 777. The minimum atomic E-state index is -1.03. The van der Waals surface area contributed by atoms with E-state index in [1.165, 1.54) is 0 Å². The monoisotopic (exact) mass is 415 g/mol. The number of nitrogens with one attached hydrogen (secondary N) is 1. The summed E-state index contributed by atoms with van der Waals surface area (Å²) in [5.74, 6) is 1.12. The summed E-state index contributed by atoms with van der Waals surface area (Å²) in [4.78, 5) is 12.8. The van der Waals surface area contributed by atoms with Crippen LogP contribution in [-0.2, 0) is 6.42 Å². The van der Waals surface area contributed by atoms with Crippen molar-refractivity contribution in [1.29, 1.82) is 0 Å². The quantitative estimate of drug-likeness (QED) is 0.548. The van der Waals surface area contributed by atoms with Crippen LogP contribution in [0.25, 0.3) is 0 Å². The number of hydrogen-bond donors (Lipinski definition) is 2. The number of benzene rings is 2. The largest absolute Gasteiger partial charge is 0.490 e. The maximum absolute atomic E-state index is 12.8. The number of carbonyl (C=O) groups excluding carboxylic acids is 1. The number of rotatable bonds is 12. The molecule has 0 spiro atoms. The van der Waals surface area contributed by atoms with Crippen molar-refractivity contribution >= 4 is 5.91 Å². The number of ether oxygens (including phenoxy) is 3. The van der Waals surface area contributed by atoms with Crippen LogP contribution in [0.3, 0.4) is 0 Å². The highest BCUT2D eigenvalue weighted by molar-refractivity contribution is 5.95. The molecule has 0 heterocycles. The molecule has 1 amide bonds. The van der Waals surface area contributed by atoms with E-state index in [0.717, 1.165) is 12.0 Å². The molecule has 0 saturated heterocycles. The summed E-state index contributed by atoms with van der Waals surface area (Å²) in [6, 6.07) is 13.3. The Morgan fingerprint density at radius 1 is 0.967 bits per heavy atom. The first kappa shape index (κ1) is 23.5. The number of carbonyl (C=O) groups is 1. The van der Waals surface area contributed by atoms with Crippen LogP contribution >= 0.6 is 0 Å². The highest BCUT2D eigenvalue weighted by atomic mass is 16.5.